The third-order valence-corrected chi connectivity index (χ3v) is 1.45. The molecule has 4 nitrogen and oxygen atoms in total. The molecule has 70 valence electrons. The molecule has 0 unspecified atom stereocenters. The second kappa shape index (κ2) is 4.35. The van der Waals surface area contributed by atoms with E-state index in [-0.39, 0.29) is 4.75 Å². The lowest BCUT2D eigenvalue weighted by atomic mass is 10.3. The van der Waals surface area contributed by atoms with Crippen LogP contribution >= 0.6 is 12.0 Å². The average molecular weight is 192 g/mol. The smallest absolute Gasteiger partial charge is 0.329 e. The topological polar surface area (TPSA) is 63.6 Å². The van der Waals surface area contributed by atoms with Crippen LogP contribution in [-0.4, -0.2) is 21.8 Å². The molecule has 0 bridgehead atoms. The third kappa shape index (κ3) is 7.40. The lowest BCUT2D eigenvalue weighted by Gasteiger charge is -2.14. The van der Waals surface area contributed by atoms with Gasteiger partial charge in [-0.1, -0.05) is 0 Å². The number of carbonyl (C=O) groups is 2. The summed E-state index contributed by atoms with van der Waals surface area (Å²) >= 11 is 0.971. The van der Waals surface area contributed by atoms with Crippen LogP contribution in [0, 0.1) is 0 Å². The summed E-state index contributed by atoms with van der Waals surface area (Å²) in [6.45, 7) is 5.60. The first-order valence-electron chi connectivity index (χ1n) is 3.41. The van der Waals surface area contributed by atoms with Crippen molar-refractivity contribution in [2.75, 3.05) is 0 Å². The number of hydrogen-bond donors (Lipinski definition) is 1. The fourth-order valence-electron chi connectivity index (χ4n) is 0.324. The zero-order valence-electron chi connectivity index (χ0n) is 7.29. The summed E-state index contributed by atoms with van der Waals surface area (Å²) in [5.74, 6) is -1.89. The van der Waals surface area contributed by atoms with Crippen molar-refractivity contribution in [2.24, 2.45) is 0 Å². The Labute approximate surface area is 75.5 Å². The maximum absolute atomic E-state index is 10.7. The zero-order chi connectivity index (χ0) is 9.78. The first kappa shape index (κ1) is 11.3. The lowest BCUT2D eigenvalue weighted by Crippen LogP contribution is -2.13. The Kier molecular flexibility index (Phi) is 4.09. The Hall–Kier alpha value is -0.710. The van der Waals surface area contributed by atoms with Crippen molar-refractivity contribution in [3.05, 3.63) is 0 Å². The maximum Gasteiger partial charge on any atom is 0.329 e. The quantitative estimate of drug-likeness (QED) is 0.541. The number of carbonyl (C=O) groups excluding carboxylic acids is 1. The average Bonchev–Trinajstić information content (AvgIpc) is 1.80. The van der Waals surface area contributed by atoms with Crippen LogP contribution in [0.15, 0.2) is 0 Å². The van der Waals surface area contributed by atoms with Crippen molar-refractivity contribution in [3.63, 3.8) is 0 Å². The normalized spacial score (nSPS) is 10.9. The Morgan fingerprint density at radius 1 is 1.42 bits per heavy atom. The number of hydrogen-bond acceptors (Lipinski definition) is 4. The van der Waals surface area contributed by atoms with E-state index in [4.69, 9.17) is 5.11 Å². The standard InChI is InChI=1S/C7H12O4S/c1-7(2,3)12-11-6(10)4-5(8)9/h4H2,1-3H3,(H,8,9). The fourth-order valence-corrected chi connectivity index (χ4v) is 0.726. The van der Waals surface area contributed by atoms with Crippen LogP contribution in [0.3, 0.4) is 0 Å². The number of carboxylic acids is 1. The minimum Gasteiger partial charge on any atom is -0.481 e. The number of rotatable bonds is 3. The molecule has 5 heteroatoms. The van der Waals surface area contributed by atoms with Gasteiger partial charge in [-0.15, -0.1) is 0 Å². The van der Waals surface area contributed by atoms with E-state index < -0.39 is 18.4 Å². The first-order valence-corrected chi connectivity index (χ1v) is 4.16. The van der Waals surface area contributed by atoms with Crippen molar-refractivity contribution in [2.45, 2.75) is 31.9 Å². The summed E-state index contributed by atoms with van der Waals surface area (Å²) in [6, 6.07) is 0. The second-order valence-electron chi connectivity index (χ2n) is 3.22. The molecule has 0 atom stereocenters. The van der Waals surface area contributed by atoms with Gasteiger partial charge in [0.15, 0.2) is 0 Å². The molecule has 0 saturated carbocycles. The van der Waals surface area contributed by atoms with Gasteiger partial charge in [0, 0.05) is 4.75 Å². The van der Waals surface area contributed by atoms with Gasteiger partial charge >= 0.3 is 11.9 Å². The highest BCUT2D eigenvalue weighted by Gasteiger charge is 2.17. The Bertz CT molecular complexity index is 182. The van der Waals surface area contributed by atoms with Crippen molar-refractivity contribution in [1.82, 2.24) is 0 Å². The van der Waals surface area contributed by atoms with Crippen molar-refractivity contribution in [1.29, 1.82) is 0 Å². The minimum atomic E-state index is -1.17. The van der Waals surface area contributed by atoms with Gasteiger partial charge in [-0.2, -0.15) is 0 Å². The highest BCUT2D eigenvalue weighted by molar-refractivity contribution is 7.96. The molecule has 0 aliphatic heterocycles. The van der Waals surface area contributed by atoms with Crippen LogP contribution in [-0.2, 0) is 13.8 Å². The van der Waals surface area contributed by atoms with E-state index in [1.807, 2.05) is 20.8 Å². The molecule has 0 radical (unpaired) electrons. The molecule has 0 amide bonds. The van der Waals surface area contributed by atoms with Gasteiger partial charge in [-0.3, -0.25) is 9.59 Å². The second-order valence-corrected chi connectivity index (χ2v) is 4.78. The van der Waals surface area contributed by atoms with E-state index in [9.17, 15) is 9.59 Å². The maximum atomic E-state index is 10.7. The Morgan fingerprint density at radius 3 is 2.25 bits per heavy atom. The SMILES string of the molecule is CC(C)(C)SOC(=O)CC(=O)O. The summed E-state index contributed by atoms with van der Waals surface area (Å²) in [5, 5.41) is 8.20. The van der Waals surface area contributed by atoms with Crippen LogP contribution < -0.4 is 0 Å². The predicted octanol–water partition coefficient (Wildman–Crippen LogP) is 1.45. The predicted molar refractivity (Wildman–Crippen MR) is 45.7 cm³/mol. The molecule has 12 heavy (non-hydrogen) atoms. The van der Waals surface area contributed by atoms with Gasteiger partial charge in [-0.05, 0) is 20.8 Å². The van der Waals surface area contributed by atoms with E-state index >= 15 is 0 Å². The molecule has 0 aromatic rings. The van der Waals surface area contributed by atoms with Crippen LogP contribution in [0.4, 0.5) is 0 Å². The molecule has 0 heterocycles. The molecular weight excluding hydrogens is 180 g/mol. The first-order chi connectivity index (χ1) is 5.31. The number of aliphatic carboxylic acids is 1. The zero-order valence-corrected chi connectivity index (χ0v) is 8.10. The molecule has 0 aliphatic rings. The van der Waals surface area contributed by atoms with Crippen molar-refractivity contribution < 1.29 is 18.9 Å². The Morgan fingerprint density at radius 2 is 1.92 bits per heavy atom. The van der Waals surface area contributed by atoms with E-state index in [2.05, 4.69) is 4.18 Å². The monoisotopic (exact) mass is 192 g/mol. The van der Waals surface area contributed by atoms with Crippen LogP contribution in [0.1, 0.15) is 27.2 Å². The van der Waals surface area contributed by atoms with Gasteiger partial charge in [0.1, 0.15) is 6.42 Å². The summed E-state index contributed by atoms with van der Waals surface area (Å²) in [6.07, 6.45) is -0.580. The molecule has 0 rings (SSSR count). The molecule has 0 fully saturated rings. The minimum absolute atomic E-state index is 0.200. The molecule has 1 N–H and O–H groups in total. The molecule has 0 aliphatic carbocycles. The van der Waals surface area contributed by atoms with Crippen molar-refractivity contribution >= 4 is 24.0 Å². The molecule has 0 aromatic heterocycles. The van der Waals surface area contributed by atoms with E-state index in [0.29, 0.717) is 0 Å². The lowest BCUT2D eigenvalue weighted by molar-refractivity contribution is -0.145. The van der Waals surface area contributed by atoms with Crippen LogP contribution in [0.2, 0.25) is 0 Å². The fraction of sp³-hybridized carbons (Fsp3) is 0.714. The third-order valence-electron chi connectivity index (χ3n) is 0.680. The van der Waals surface area contributed by atoms with Crippen LogP contribution in [0.25, 0.3) is 0 Å². The highest BCUT2D eigenvalue weighted by Crippen LogP contribution is 2.24. The number of carboxylic acid groups (broad SMARTS) is 1. The molecule has 0 saturated heterocycles. The van der Waals surface area contributed by atoms with Gasteiger partial charge in [0.25, 0.3) is 0 Å². The largest absolute Gasteiger partial charge is 0.481 e. The van der Waals surface area contributed by atoms with Gasteiger partial charge in [0.05, 0.1) is 12.0 Å². The van der Waals surface area contributed by atoms with Crippen LogP contribution in [0.5, 0.6) is 0 Å². The van der Waals surface area contributed by atoms with Gasteiger partial charge < -0.3 is 9.29 Å². The highest BCUT2D eigenvalue weighted by atomic mass is 32.2. The molecular formula is C7H12O4S. The molecule has 0 spiro atoms. The van der Waals surface area contributed by atoms with E-state index in [1.54, 1.807) is 0 Å². The van der Waals surface area contributed by atoms with Gasteiger partial charge in [-0.25, -0.2) is 0 Å². The van der Waals surface area contributed by atoms with E-state index in [1.165, 1.54) is 0 Å². The Balaban J connectivity index is 3.65. The van der Waals surface area contributed by atoms with E-state index in [0.717, 1.165) is 12.0 Å². The van der Waals surface area contributed by atoms with Gasteiger partial charge in [0.2, 0.25) is 0 Å². The summed E-state index contributed by atoms with van der Waals surface area (Å²) in [5.41, 5.74) is 0. The summed E-state index contributed by atoms with van der Waals surface area (Å²) in [7, 11) is 0. The molecule has 0 aromatic carbocycles. The summed E-state index contributed by atoms with van der Waals surface area (Å²) in [4.78, 5) is 20.7. The van der Waals surface area contributed by atoms with Crippen molar-refractivity contribution in [3.8, 4) is 0 Å². The summed E-state index contributed by atoms with van der Waals surface area (Å²) < 4.78 is 4.41.